The third-order valence-corrected chi connectivity index (χ3v) is 3.44. The molecule has 2 rings (SSSR count). The van der Waals surface area contributed by atoms with Crippen LogP contribution in [0.3, 0.4) is 0 Å². The van der Waals surface area contributed by atoms with E-state index in [9.17, 15) is 4.79 Å². The lowest BCUT2D eigenvalue weighted by Gasteiger charge is -2.16. The van der Waals surface area contributed by atoms with Crippen molar-refractivity contribution in [1.29, 1.82) is 0 Å². The first-order valence-corrected chi connectivity index (χ1v) is 7.44. The lowest BCUT2D eigenvalue weighted by molar-refractivity contribution is 0.0768. The molecule has 2 aromatic heterocycles. The Labute approximate surface area is 121 Å². The molecule has 0 aliphatic rings. The minimum Gasteiger partial charge on any atom is -0.423 e. The van der Waals surface area contributed by atoms with E-state index in [1.807, 2.05) is 13.2 Å². The van der Waals surface area contributed by atoms with Crippen molar-refractivity contribution >= 4 is 17.7 Å². The van der Waals surface area contributed by atoms with Crippen LogP contribution in [-0.4, -0.2) is 39.3 Å². The van der Waals surface area contributed by atoms with Gasteiger partial charge in [-0.2, -0.15) is 0 Å². The standard InChI is InChI=1S/C13H16N4O2S/c1-4-10-15-16-11(19-10)8-17(2)13(18)9-6-5-7-14-12(9)20-3/h5-7H,4,8H2,1-3H3. The molecule has 7 heteroatoms. The summed E-state index contributed by atoms with van der Waals surface area (Å²) in [4.78, 5) is 18.1. The molecule has 0 saturated heterocycles. The van der Waals surface area contributed by atoms with Crippen LogP contribution in [0.15, 0.2) is 27.8 Å². The molecule has 2 aromatic rings. The lowest BCUT2D eigenvalue weighted by atomic mass is 10.2. The summed E-state index contributed by atoms with van der Waals surface area (Å²) in [5.41, 5.74) is 0.581. The molecule has 0 radical (unpaired) electrons. The number of amides is 1. The molecule has 0 bridgehead atoms. The Balaban J connectivity index is 2.12. The average molecular weight is 292 g/mol. The van der Waals surface area contributed by atoms with Crippen LogP contribution in [0.2, 0.25) is 0 Å². The maximum atomic E-state index is 12.4. The van der Waals surface area contributed by atoms with E-state index in [1.54, 1.807) is 30.3 Å². The summed E-state index contributed by atoms with van der Waals surface area (Å²) in [6.07, 6.45) is 4.25. The van der Waals surface area contributed by atoms with Gasteiger partial charge in [-0.15, -0.1) is 22.0 Å². The first kappa shape index (κ1) is 14.5. The minimum absolute atomic E-state index is 0.112. The first-order valence-electron chi connectivity index (χ1n) is 6.21. The zero-order valence-electron chi connectivity index (χ0n) is 11.7. The summed E-state index contributed by atoms with van der Waals surface area (Å²) in [6.45, 7) is 2.22. The molecule has 0 atom stereocenters. The van der Waals surface area contributed by atoms with Crippen molar-refractivity contribution in [2.24, 2.45) is 0 Å². The quantitative estimate of drug-likeness (QED) is 0.785. The van der Waals surface area contributed by atoms with Crippen LogP contribution in [0.5, 0.6) is 0 Å². The monoisotopic (exact) mass is 292 g/mol. The molecule has 106 valence electrons. The van der Waals surface area contributed by atoms with E-state index >= 15 is 0 Å². The van der Waals surface area contributed by atoms with E-state index in [2.05, 4.69) is 15.2 Å². The van der Waals surface area contributed by atoms with Crippen molar-refractivity contribution in [3.8, 4) is 0 Å². The van der Waals surface area contributed by atoms with Gasteiger partial charge < -0.3 is 9.32 Å². The topological polar surface area (TPSA) is 72.1 Å². The van der Waals surface area contributed by atoms with Crippen LogP contribution in [0.25, 0.3) is 0 Å². The molecule has 2 heterocycles. The fourth-order valence-electron chi connectivity index (χ4n) is 1.69. The molecule has 0 spiro atoms. The summed E-state index contributed by atoms with van der Waals surface area (Å²) in [5.74, 6) is 0.901. The Bertz CT molecular complexity index is 600. The molecular formula is C13H16N4O2S. The summed E-state index contributed by atoms with van der Waals surface area (Å²) in [7, 11) is 1.70. The molecule has 0 aliphatic carbocycles. The van der Waals surface area contributed by atoms with Crippen molar-refractivity contribution in [1.82, 2.24) is 20.1 Å². The number of pyridine rings is 1. The number of carbonyl (C=O) groups is 1. The molecule has 0 aromatic carbocycles. The first-order chi connectivity index (χ1) is 9.65. The van der Waals surface area contributed by atoms with E-state index in [0.717, 1.165) is 0 Å². The Morgan fingerprint density at radius 3 is 2.80 bits per heavy atom. The second kappa shape index (κ2) is 6.51. The van der Waals surface area contributed by atoms with Crippen molar-refractivity contribution in [2.45, 2.75) is 24.9 Å². The largest absolute Gasteiger partial charge is 0.423 e. The van der Waals surface area contributed by atoms with Crippen molar-refractivity contribution in [3.63, 3.8) is 0 Å². The summed E-state index contributed by atoms with van der Waals surface area (Å²) in [5, 5.41) is 8.51. The number of thioether (sulfide) groups is 1. The Morgan fingerprint density at radius 2 is 2.15 bits per heavy atom. The third kappa shape index (κ3) is 3.16. The molecule has 0 saturated carbocycles. The van der Waals surface area contributed by atoms with Gasteiger partial charge >= 0.3 is 0 Å². The maximum Gasteiger partial charge on any atom is 0.256 e. The van der Waals surface area contributed by atoms with Gasteiger partial charge in [0.15, 0.2) is 0 Å². The second-order valence-corrected chi connectivity index (χ2v) is 4.96. The van der Waals surface area contributed by atoms with E-state index < -0.39 is 0 Å². The van der Waals surface area contributed by atoms with Gasteiger partial charge in [0.05, 0.1) is 12.1 Å². The predicted octanol–water partition coefficient (Wildman–Crippen LogP) is 2.02. The highest BCUT2D eigenvalue weighted by Gasteiger charge is 2.18. The fraction of sp³-hybridized carbons (Fsp3) is 0.385. The van der Waals surface area contributed by atoms with Crippen LogP contribution in [-0.2, 0) is 13.0 Å². The Kier molecular flexibility index (Phi) is 4.73. The summed E-state index contributed by atoms with van der Waals surface area (Å²) >= 11 is 1.45. The number of nitrogens with zero attached hydrogens (tertiary/aromatic N) is 4. The predicted molar refractivity (Wildman–Crippen MR) is 75.5 cm³/mol. The highest BCUT2D eigenvalue weighted by Crippen LogP contribution is 2.18. The van der Waals surface area contributed by atoms with E-state index in [4.69, 9.17) is 4.42 Å². The van der Waals surface area contributed by atoms with Crippen LogP contribution < -0.4 is 0 Å². The van der Waals surface area contributed by atoms with Gasteiger partial charge in [0.1, 0.15) is 5.03 Å². The van der Waals surface area contributed by atoms with Crippen molar-refractivity contribution < 1.29 is 9.21 Å². The van der Waals surface area contributed by atoms with Gasteiger partial charge in [0.25, 0.3) is 5.91 Å². The number of aryl methyl sites for hydroxylation is 1. The zero-order chi connectivity index (χ0) is 14.5. The van der Waals surface area contributed by atoms with Crippen molar-refractivity contribution in [3.05, 3.63) is 35.7 Å². The molecule has 1 amide bonds. The fourth-order valence-corrected chi connectivity index (χ4v) is 2.23. The number of carbonyl (C=O) groups excluding carboxylic acids is 1. The molecule has 6 nitrogen and oxygen atoms in total. The Hall–Kier alpha value is -1.89. The number of hydrogen-bond donors (Lipinski definition) is 0. The molecule has 20 heavy (non-hydrogen) atoms. The number of rotatable bonds is 5. The highest BCUT2D eigenvalue weighted by molar-refractivity contribution is 7.98. The van der Waals surface area contributed by atoms with E-state index in [0.29, 0.717) is 28.8 Å². The molecule has 0 fully saturated rings. The number of aromatic nitrogens is 3. The van der Waals surface area contributed by atoms with Crippen LogP contribution in [0, 0.1) is 0 Å². The highest BCUT2D eigenvalue weighted by atomic mass is 32.2. The molecule has 0 aliphatic heterocycles. The van der Waals surface area contributed by atoms with Crippen LogP contribution in [0.4, 0.5) is 0 Å². The minimum atomic E-state index is -0.112. The smallest absolute Gasteiger partial charge is 0.256 e. The van der Waals surface area contributed by atoms with Gasteiger partial charge in [-0.25, -0.2) is 4.98 Å². The van der Waals surface area contributed by atoms with Gasteiger partial charge in [-0.05, 0) is 18.4 Å². The van der Waals surface area contributed by atoms with Crippen LogP contribution in [0.1, 0.15) is 29.1 Å². The van der Waals surface area contributed by atoms with E-state index in [1.165, 1.54) is 11.8 Å². The zero-order valence-corrected chi connectivity index (χ0v) is 12.5. The SMILES string of the molecule is CCc1nnc(CN(C)C(=O)c2cccnc2SC)o1. The van der Waals surface area contributed by atoms with Gasteiger partial charge in [-0.3, -0.25) is 4.79 Å². The van der Waals surface area contributed by atoms with Crippen LogP contribution >= 0.6 is 11.8 Å². The van der Waals surface area contributed by atoms with Gasteiger partial charge in [0.2, 0.25) is 11.8 Å². The molecule has 0 N–H and O–H groups in total. The van der Waals surface area contributed by atoms with Crippen molar-refractivity contribution in [2.75, 3.05) is 13.3 Å². The summed E-state index contributed by atoms with van der Waals surface area (Å²) < 4.78 is 5.41. The molecular weight excluding hydrogens is 276 g/mol. The summed E-state index contributed by atoms with van der Waals surface area (Å²) in [6, 6.07) is 3.52. The van der Waals surface area contributed by atoms with Gasteiger partial charge in [0, 0.05) is 19.7 Å². The normalized spacial score (nSPS) is 10.6. The number of hydrogen-bond acceptors (Lipinski definition) is 6. The Morgan fingerprint density at radius 1 is 1.40 bits per heavy atom. The third-order valence-electron chi connectivity index (χ3n) is 2.73. The molecule has 0 unspecified atom stereocenters. The van der Waals surface area contributed by atoms with E-state index in [-0.39, 0.29) is 12.5 Å². The van der Waals surface area contributed by atoms with Gasteiger partial charge in [-0.1, -0.05) is 6.92 Å². The average Bonchev–Trinajstić information content (AvgIpc) is 2.94. The maximum absolute atomic E-state index is 12.4. The second-order valence-electron chi connectivity index (χ2n) is 4.16. The lowest BCUT2D eigenvalue weighted by Crippen LogP contribution is -2.27.